The number of urea groups is 1. The summed E-state index contributed by atoms with van der Waals surface area (Å²) >= 11 is 0. The van der Waals surface area contributed by atoms with E-state index in [0.717, 1.165) is 51.3 Å². The van der Waals surface area contributed by atoms with E-state index in [1.165, 1.54) is 12.1 Å². The first-order chi connectivity index (χ1) is 18.5. The first-order valence-corrected chi connectivity index (χ1v) is 12.7. The topological polar surface area (TPSA) is 113 Å². The van der Waals surface area contributed by atoms with E-state index in [1.807, 2.05) is 0 Å². The number of amides is 3. The predicted molar refractivity (Wildman–Crippen MR) is 145 cm³/mol. The third-order valence-electron chi connectivity index (χ3n) is 6.26. The number of hydrogen-bond acceptors (Lipinski definition) is 6. The quantitative estimate of drug-likeness (QED) is 0.273. The Kier molecular flexibility index (Phi) is 9.60. The van der Waals surface area contributed by atoms with Crippen molar-refractivity contribution in [2.24, 2.45) is 0 Å². The average molecular weight is 521 g/mol. The lowest BCUT2D eigenvalue weighted by atomic mass is 10.2. The number of halogens is 1. The number of benzene rings is 2. The third kappa shape index (κ3) is 7.99. The van der Waals surface area contributed by atoms with Crippen molar-refractivity contribution in [3.05, 3.63) is 83.9 Å². The van der Waals surface area contributed by atoms with Crippen LogP contribution >= 0.6 is 0 Å². The lowest BCUT2D eigenvalue weighted by Gasteiger charge is -2.27. The molecule has 1 saturated heterocycles. The van der Waals surface area contributed by atoms with E-state index in [1.54, 1.807) is 59.6 Å². The molecule has 0 spiro atoms. The molecule has 2 heterocycles. The van der Waals surface area contributed by atoms with Gasteiger partial charge >= 0.3 is 6.03 Å². The largest absolute Gasteiger partial charge is 0.397 e. The van der Waals surface area contributed by atoms with Gasteiger partial charge in [-0.15, -0.1) is 0 Å². The molecule has 200 valence electrons. The molecule has 0 atom stereocenters. The molecule has 1 aromatic heterocycles. The molecule has 1 fully saturated rings. The molecule has 1 aliphatic heterocycles. The van der Waals surface area contributed by atoms with Gasteiger partial charge < -0.3 is 26.0 Å². The molecule has 0 radical (unpaired) electrons. The third-order valence-corrected chi connectivity index (χ3v) is 6.26. The summed E-state index contributed by atoms with van der Waals surface area (Å²) in [6.45, 7) is 5.10. The highest BCUT2D eigenvalue weighted by Gasteiger charge is 2.17. The number of anilines is 3. The molecular formula is C28H33FN6O3. The number of aromatic nitrogens is 1. The van der Waals surface area contributed by atoms with Gasteiger partial charge in [0.2, 0.25) is 0 Å². The zero-order valence-electron chi connectivity index (χ0n) is 21.2. The molecule has 38 heavy (non-hydrogen) atoms. The second-order valence-corrected chi connectivity index (χ2v) is 9.12. The molecule has 0 aliphatic carbocycles. The normalized spacial score (nSPS) is 13.6. The number of nitrogens with one attached hydrogen (secondary N) is 2. The number of pyridine rings is 1. The van der Waals surface area contributed by atoms with Crippen LogP contribution in [0.25, 0.3) is 0 Å². The molecular weight excluding hydrogens is 487 g/mol. The van der Waals surface area contributed by atoms with E-state index in [-0.39, 0.29) is 17.6 Å². The maximum absolute atomic E-state index is 13.6. The van der Waals surface area contributed by atoms with Crippen LogP contribution in [0.5, 0.6) is 0 Å². The Balaban J connectivity index is 1.38. The lowest BCUT2D eigenvalue weighted by molar-refractivity contribution is 0.0370. The molecule has 9 nitrogen and oxygen atoms in total. The molecule has 3 aromatic rings. The van der Waals surface area contributed by atoms with Crippen LogP contribution in [0.2, 0.25) is 0 Å². The molecule has 0 saturated carbocycles. The Hall–Kier alpha value is -4.02. The number of nitrogen functional groups attached to an aromatic ring is 1. The van der Waals surface area contributed by atoms with Crippen molar-refractivity contribution in [3.63, 3.8) is 0 Å². The Morgan fingerprint density at radius 1 is 1.03 bits per heavy atom. The fourth-order valence-corrected chi connectivity index (χ4v) is 4.15. The van der Waals surface area contributed by atoms with Crippen LogP contribution in [-0.4, -0.2) is 66.1 Å². The second kappa shape index (κ2) is 13.5. The number of nitrogens with two attached hydrogens (primary N) is 1. The smallest absolute Gasteiger partial charge is 0.322 e. The number of carbonyl (C=O) groups is 2. The van der Waals surface area contributed by atoms with E-state index in [0.29, 0.717) is 30.2 Å². The number of para-hydroxylation sites is 2. The summed E-state index contributed by atoms with van der Waals surface area (Å²) in [6, 6.07) is 15.9. The number of hydrogen-bond donors (Lipinski definition) is 3. The molecule has 3 amide bonds. The molecule has 4 N–H and O–H groups in total. The first-order valence-electron chi connectivity index (χ1n) is 12.7. The number of rotatable bonds is 10. The minimum absolute atomic E-state index is 0.235. The van der Waals surface area contributed by atoms with E-state index in [2.05, 4.69) is 20.5 Å². The van der Waals surface area contributed by atoms with Gasteiger partial charge in [-0.25, -0.2) is 9.18 Å². The van der Waals surface area contributed by atoms with Crippen LogP contribution in [0.3, 0.4) is 0 Å². The van der Waals surface area contributed by atoms with Crippen LogP contribution in [0.1, 0.15) is 28.9 Å². The van der Waals surface area contributed by atoms with Gasteiger partial charge in [-0.05, 0) is 61.3 Å². The zero-order valence-corrected chi connectivity index (χ0v) is 21.2. The molecule has 0 unspecified atom stereocenters. The highest BCUT2D eigenvalue weighted by Crippen LogP contribution is 2.18. The highest BCUT2D eigenvalue weighted by molar-refractivity contribution is 6.04. The number of morpholine rings is 1. The van der Waals surface area contributed by atoms with Gasteiger partial charge in [-0.1, -0.05) is 24.3 Å². The maximum atomic E-state index is 13.6. The van der Waals surface area contributed by atoms with E-state index < -0.39 is 5.82 Å². The molecule has 2 aromatic carbocycles. The minimum atomic E-state index is -0.421. The lowest BCUT2D eigenvalue weighted by Crippen LogP contribution is -2.38. The van der Waals surface area contributed by atoms with Crippen molar-refractivity contribution in [1.29, 1.82) is 0 Å². The zero-order chi connectivity index (χ0) is 26.7. The van der Waals surface area contributed by atoms with E-state index >= 15 is 0 Å². The fraction of sp³-hybridized carbons (Fsp3) is 0.321. The number of unbranched alkanes of at least 4 members (excludes halogenated alkanes) is 1. The predicted octanol–water partition coefficient (Wildman–Crippen LogP) is 4.20. The summed E-state index contributed by atoms with van der Waals surface area (Å²) in [4.78, 5) is 34.0. The minimum Gasteiger partial charge on any atom is -0.397 e. The summed E-state index contributed by atoms with van der Waals surface area (Å²) in [6.07, 6.45) is 3.32. The highest BCUT2D eigenvalue weighted by atomic mass is 19.1. The van der Waals surface area contributed by atoms with E-state index in [9.17, 15) is 14.0 Å². The van der Waals surface area contributed by atoms with Gasteiger partial charge in [-0.2, -0.15) is 0 Å². The monoisotopic (exact) mass is 520 g/mol. The van der Waals surface area contributed by atoms with Crippen LogP contribution in [0, 0.1) is 5.82 Å². The van der Waals surface area contributed by atoms with Crippen molar-refractivity contribution in [2.75, 3.05) is 55.8 Å². The first kappa shape index (κ1) is 27.0. The van der Waals surface area contributed by atoms with Gasteiger partial charge in [0.25, 0.3) is 5.91 Å². The van der Waals surface area contributed by atoms with Crippen molar-refractivity contribution in [1.82, 2.24) is 14.8 Å². The number of ether oxygens (including phenoxy) is 1. The van der Waals surface area contributed by atoms with Crippen molar-refractivity contribution >= 4 is 29.0 Å². The van der Waals surface area contributed by atoms with Crippen LogP contribution < -0.4 is 16.4 Å². The Bertz CT molecular complexity index is 1220. The van der Waals surface area contributed by atoms with Crippen LogP contribution in [0.15, 0.2) is 66.9 Å². The van der Waals surface area contributed by atoms with Crippen molar-refractivity contribution in [3.8, 4) is 0 Å². The second-order valence-electron chi connectivity index (χ2n) is 9.12. The van der Waals surface area contributed by atoms with Crippen LogP contribution in [-0.2, 0) is 11.3 Å². The van der Waals surface area contributed by atoms with E-state index in [4.69, 9.17) is 10.5 Å². The SMILES string of the molecule is Nc1ccccc1NC(=O)c1ccc(CN(CCCCN2CCOCC2)C(=O)Nc2cccc(F)c2)cn1. The maximum Gasteiger partial charge on any atom is 0.322 e. The van der Waals surface area contributed by atoms with Gasteiger partial charge in [0.1, 0.15) is 11.5 Å². The van der Waals surface area contributed by atoms with Crippen molar-refractivity contribution in [2.45, 2.75) is 19.4 Å². The van der Waals surface area contributed by atoms with Gasteiger partial charge in [0.05, 0.1) is 24.6 Å². The van der Waals surface area contributed by atoms with Gasteiger partial charge in [0, 0.05) is 38.1 Å². The van der Waals surface area contributed by atoms with Gasteiger partial charge in [-0.3, -0.25) is 14.7 Å². The molecule has 1 aliphatic rings. The molecule has 10 heteroatoms. The Morgan fingerprint density at radius 3 is 2.58 bits per heavy atom. The molecule has 0 bridgehead atoms. The molecule has 4 rings (SSSR count). The van der Waals surface area contributed by atoms with Gasteiger partial charge in [0.15, 0.2) is 0 Å². The summed E-state index contributed by atoms with van der Waals surface area (Å²) in [7, 11) is 0. The van der Waals surface area contributed by atoms with Crippen LogP contribution in [0.4, 0.5) is 26.2 Å². The summed E-state index contributed by atoms with van der Waals surface area (Å²) in [5.41, 5.74) is 8.27. The number of carbonyl (C=O) groups excluding carboxylic acids is 2. The Morgan fingerprint density at radius 2 is 1.84 bits per heavy atom. The Labute approximate surface area is 221 Å². The summed E-state index contributed by atoms with van der Waals surface area (Å²) in [5, 5.41) is 5.53. The fourth-order valence-electron chi connectivity index (χ4n) is 4.15. The number of nitrogens with zero attached hydrogens (tertiary/aromatic N) is 3. The summed E-state index contributed by atoms with van der Waals surface area (Å²) in [5.74, 6) is -0.798. The standard InChI is InChI=1S/C28H33FN6O3/c29-22-6-5-7-23(18-22)32-28(37)35(13-4-3-12-34-14-16-38-17-15-34)20-21-10-11-26(31-19-21)27(36)33-25-9-2-1-8-24(25)30/h1-2,5-11,18-19H,3-4,12-17,20,30H2,(H,32,37)(H,33,36). The van der Waals surface area contributed by atoms with Crippen molar-refractivity contribution < 1.29 is 18.7 Å². The average Bonchev–Trinajstić information content (AvgIpc) is 2.92. The summed E-state index contributed by atoms with van der Waals surface area (Å²) < 4.78 is 19.0.